The highest BCUT2D eigenvalue weighted by Crippen LogP contribution is 2.40. The summed E-state index contributed by atoms with van der Waals surface area (Å²) in [5, 5.41) is 2.91. The number of aryl methyl sites for hydroxylation is 1. The number of halogens is 3. The molecule has 0 bridgehead atoms. The van der Waals surface area contributed by atoms with Crippen molar-refractivity contribution in [3.05, 3.63) is 53.6 Å². The quantitative estimate of drug-likeness (QED) is 0.518. The molecule has 1 aliphatic rings. The summed E-state index contributed by atoms with van der Waals surface area (Å²) < 4.78 is 51.9. The zero-order valence-electron chi connectivity index (χ0n) is 17.5. The van der Waals surface area contributed by atoms with Crippen molar-refractivity contribution < 1.29 is 27.4 Å². The van der Waals surface area contributed by atoms with Gasteiger partial charge < -0.3 is 25.3 Å². The van der Waals surface area contributed by atoms with Crippen LogP contribution in [-0.2, 0) is 10.2 Å². The molecule has 3 rings (SSSR count). The molecule has 1 fully saturated rings. The van der Waals surface area contributed by atoms with Gasteiger partial charge in [0.25, 0.3) is 0 Å². The highest BCUT2D eigenvalue weighted by molar-refractivity contribution is 5.92. The number of anilines is 1. The Morgan fingerprint density at radius 3 is 2.45 bits per heavy atom. The maximum Gasteiger partial charge on any atom is 0.573 e. The number of aliphatic imine (C=N–C) groups is 1. The molecule has 3 N–H and O–H groups in total. The van der Waals surface area contributed by atoms with Gasteiger partial charge in [0.2, 0.25) is 0 Å². The molecule has 0 spiro atoms. The average Bonchev–Trinajstić information content (AvgIpc) is 2.73. The fourth-order valence-corrected chi connectivity index (χ4v) is 3.67. The minimum atomic E-state index is -4.73. The van der Waals surface area contributed by atoms with Gasteiger partial charge in [-0.15, -0.1) is 13.2 Å². The molecule has 0 radical (unpaired) electrons. The number of ether oxygens (including phenoxy) is 3. The van der Waals surface area contributed by atoms with Crippen LogP contribution in [0.15, 0.2) is 47.5 Å². The zero-order valence-corrected chi connectivity index (χ0v) is 17.5. The van der Waals surface area contributed by atoms with Crippen LogP contribution in [0.25, 0.3) is 0 Å². The van der Waals surface area contributed by atoms with E-state index in [0.717, 1.165) is 29.7 Å². The number of hydrogen-bond acceptors (Lipinski definition) is 4. The second kappa shape index (κ2) is 9.47. The predicted octanol–water partition coefficient (Wildman–Crippen LogP) is 4.38. The van der Waals surface area contributed by atoms with E-state index in [4.69, 9.17) is 15.2 Å². The van der Waals surface area contributed by atoms with E-state index >= 15 is 0 Å². The molecular weight excluding hydrogens is 411 g/mol. The number of hydrogen-bond donors (Lipinski definition) is 2. The molecule has 31 heavy (non-hydrogen) atoms. The fourth-order valence-electron chi connectivity index (χ4n) is 3.67. The lowest BCUT2D eigenvalue weighted by Gasteiger charge is -2.37. The highest BCUT2D eigenvalue weighted by Gasteiger charge is 2.37. The molecule has 1 heterocycles. The highest BCUT2D eigenvalue weighted by atomic mass is 19.4. The number of methoxy groups -OCH3 is 1. The van der Waals surface area contributed by atoms with E-state index in [1.807, 2.05) is 19.1 Å². The predicted molar refractivity (Wildman–Crippen MR) is 113 cm³/mol. The number of guanidine groups is 1. The molecule has 0 aliphatic carbocycles. The van der Waals surface area contributed by atoms with E-state index < -0.39 is 6.36 Å². The molecule has 0 atom stereocenters. The van der Waals surface area contributed by atoms with Crippen molar-refractivity contribution in [3.63, 3.8) is 0 Å². The normalized spacial score (nSPS) is 16.6. The van der Waals surface area contributed by atoms with Crippen LogP contribution in [0.2, 0.25) is 0 Å². The summed E-state index contributed by atoms with van der Waals surface area (Å²) in [6, 6.07) is 11.4. The van der Waals surface area contributed by atoms with Gasteiger partial charge >= 0.3 is 6.36 Å². The van der Waals surface area contributed by atoms with Gasteiger partial charge in [-0.3, -0.25) is 4.99 Å². The van der Waals surface area contributed by atoms with Crippen molar-refractivity contribution in [1.82, 2.24) is 0 Å². The van der Waals surface area contributed by atoms with Gasteiger partial charge in [0.05, 0.1) is 13.7 Å². The molecule has 0 aromatic heterocycles. The molecule has 2 aromatic carbocycles. The lowest BCUT2D eigenvalue weighted by molar-refractivity contribution is -0.274. The Kier molecular flexibility index (Phi) is 6.94. The summed E-state index contributed by atoms with van der Waals surface area (Å²) >= 11 is 0. The van der Waals surface area contributed by atoms with Gasteiger partial charge in [-0.1, -0.05) is 17.7 Å². The van der Waals surface area contributed by atoms with E-state index in [-0.39, 0.29) is 17.1 Å². The third-order valence-electron chi connectivity index (χ3n) is 5.29. The Balaban J connectivity index is 1.76. The third-order valence-corrected chi connectivity index (χ3v) is 5.29. The van der Waals surface area contributed by atoms with Crippen molar-refractivity contribution in [2.24, 2.45) is 10.7 Å². The Morgan fingerprint density at radius 2 is 1.84 bits per heavy atom. The van der Waals surface area contributed by atoms with Crippen molar-refractivity contribution in [2.45, 2.75) is 31.5 Å². The molecule has 168 valence electrons. The van der Waals surface area contributed by atoms with Crippen LogP contribution in [0.5, 0.6) is 11.5 Å². The number of nitrogens with one attached hydrogen (secondary N) is 1. The van der Waals surface area contributed by atoms with E-state index in [9.17, 15) is 13.2 Å². The van der Waals surface area contributed by atoms with Gasteiger partial charge in [-0.2, -0.15) is 0 Å². The first-order valence-corrected chi connectivity index (χ1v) is 9.86. The second-order valence-corrected chi connectivity index (χ2v) is 7.50. The molecule has 0 unspecified atom stereocenters. The van der Waals surface area contributed by atoms with Gasteiger partial charge in [-0.05, 0) is 50.1 Å². The SMILES string of the molecule is COc1ccc(C)cc1C1(CN=C(N)Nc2ccc(OC(F)(F)F)cc2)CCOCC1. The third kappa shape index (κ3) is 6.04. The van der Waals surface area contributed by atoms with Crippen LogP contribution in [0, 0.1) is 6.92 Å². The standard InChI is InChI=1S/C22H26F3N3O3/c1-15-3-8-19(29-2)18(13-15)21(9-11-30-12-10-21)14-27-20(26)28-16-4-6-17(7-5-16)31-22(23,24)25/h3-8,13H,9-12,14H2,1-2H3,(H3,26,27,28). The molecular formula is C22H26F3N3O3. The summed E-state index contributed by atoms with van der Waals surface area (Å²) in [6.07, 6.45) is -3.19. The number of nitrogens with two attached hydrogens (primary N) is 1. The van der Waals surface area contributed by atoms with Crippen LogP contribution in [0.4, 0.5) is 18.9 Å². The Morgan fingerprint density at radius 1 is 1.16 bits per heavy atom. The monoisotopic (exact) mass is 437 g/mol. The maximum atomic E-state index is 12.3. The number of nitrogens with zero attached hydrogens (tertiary/aromatic N) is 1. The van der Waals surface area contributed by atoms with Crippen molar-refractivity contribution >= 4 is 11.6 Å². The minimum Gasteiger partial charge on any atom is -0.496 e. The zero-order chi connectivity index (χ0) is 22.5. The number of alkyl halides is 3. The maximum absolute atomic E-state index is 12.3. The topological polar surface area (TPSA) is 78.1 Å². The average molecular weight is 437 g/mol. The molecule has 6 nitrogen and oxygen atoms in total. The lowest BCUT2D eigenvalue weighted by atomic mass is 9.73. The smallest absolute Gasteiger partial charge is 0.496 e. The van der Waals surface area contributed by atoms with Gasteiger partial charge in [-0.25, -0.2) is 0 Å². The van der Waals surface area contributed by atoms with Crippen molar-refractivity contribution in [3.8, 4) is 11.5 Å². The van der Waals surface area contributed by atoms with Crippen LogP contribution < -0.4 is 20.5 Å². The van der Waals surface area contributed by atoms with E-state index in [2.05, 4.69) is 21.1 Å². The minimum absolute atomic E-state index is 0.168. The van der Waals surface area contributed by atoms with Gasteiger partial charge in [0.1, 0.15) is 11.5 Å². The van der Waals surface area contributed by atoms with Crippen LogP contribution >= 0.6 is 0 Å². The largest absolute Gasteiger partial charge is 0.573 e. The summed E-state index contributed by atoms with van der Waals surface area (Å²) in [4.78, 5) is 4.54. The first-order chi connectivity index (χ1) is 14.7. The van der Waals surface area contributed by atoms with Crippen LogP contribution in [0.3, 0.4) is 0 Å². The van der Waals surface area contributed by atoms with E-state index in [0.29, 0.717) is 25.4 Å². The van der Waals surface area contributed by atoms with Crippen LogP contribution in [0.1, 0.15) is 24.0 Å². The molecule has 0 amide bonds. The van der Waals surface area contributed by atoms with E-state index in [1.54, 1.807) is 7.11 Å². The van der Waals surface area contributed by atoms with E-state index in [1.165, 1.54) is 24.3 Å². The summed E-state index contributed by atoms with van der Waals surface area (Å²) in [7, 11) is 1.65. The van der Waals surface area contributed by atoms with Gasteiger partial charge in [0.15, 0.2) is 5.96 Å². The van der Waals surface area contributed by atoms with Crippen LogP contribution in [-0.4, -0.2) is 39.2 Å². The molecule has 1 saturated heterocycles. The number of benzene rings is 2. The first-order valence-electron chi connectivity index (χ1n) is 9.86. The second-order valence-electron chi connectivity index (χ2n) is 7.50. The fraction of sp³-hybridized carbons (Fsp3) is 0.409. The molecule has 0 saturated carbocycles. The Labute approximate surface area is 179 Å². The van der Waals surface area contributed by atoms with Crippen molar-refractivity contribution in [2.75, 3.05) is 32.2 Å². The molecule has 2 aromatic rings. The summed E-state index contributed by atoms with van der Waals surface area (Å²) in [5.74, 6) is 0.665. The Bertz CT molecular complexity index is 908. The lowest BCUT2D eigenvalue weighted by Crippen LogP contribution is -2.38. The molecule has 1 aliphatic heterocycles. The van der Waals surface area contributed by atoms with Gasteiger partial charge in [0, 0.05) is 29.9 Å². The number of rotatable bonds is 6. The van der Waals surface area contributed by atoms with Crippen molar-refractivity contribution in [1.29, 1.82) is 0 Å². The Hall–Kier alpha value is -2.94. The summed E-state index contributed by atoms with van der Waals surface area (Å²) in [5.41, 5.74) is 8.48. The molecule has 9 heteroatoms. The first kappa shape index (κ1) is 22.7. The summed E-state index contributed by atoms with van der Waals surface area (Å²) in [6.45, 7) is 3.67.